The molecule has 11 heavy (non-hydrogen) atoms. The third kappa shape index (κ3) is 2.05. The lowest BCUT2D eigenvalue weighted by Crippen LogP contribution is -2.31. The first kappa shape index (κ1) is 8.27. The Morgan fingerprint density at radius 3 is 1.64 bits per heavy atom. The zero-order valence-electron chi connectivity index (χ0n) is 4.88. The summed E-state index contributed by atoms with van der Waals surface area (Å²) in [5.74, 6) is 0. The van der Waals surface area contributed by atoms with E-state index in [1.165, 1.54) is 0 Å². The molecule has 0 bridgehead atoms. The lowest BCUT2D eigenvalue weighted by molar-refractivity contribution is 0.154. The van der Waals surface area contributed by atoms with Crippen LogP contribution in [-0.4, -0.2) is 28.1 Å². The normalized spacial score (nSPS) is 26.7. The van der Waals surface area contributed by atoms with Crippen molar-refractivity contribution < 1.29 is 30.0 Å². The monoisotopic (exact) mass is 202 g/mol. The van der Waals surface area contributed by atoms with E-state index >= 15 is 0 Å². The Balaban J connectivity index is 3.12. The van der Waals surface area contributed by atoms with Crippen molar-refractivity contribution in [2.24, 2.45) is 0 Å². The molecule has 0 saturated carbocycles. The van der Waals surface area contributed by atoms with E-state index in [1.807, 2.05) is 0 Å². The van der Waals surface area contributed by atoms with E-state index in [9.17, 15) is 21.6 Å². The second-order valence-electron chi connectivity index (χ2n) is 1.65. The third-order valence-corrected chi connectivity index (χ3v) is 3.77. The molecule has 0 aromatic carbocycles. The minimum Gasteiger partial charge on any atom is -0.310 e. The fourth-order valence-corrected chi connectivity index (χ4v) is 2.77. The molecule has 1 heterocycles. The van der Waals surface area contributed by atoms with Crippen LogP contribution in [-0.2, 0) is 28.6 Å². The Bertz CT molecular complexity index is 335. The highest BCUT2D eigenvalue weighted by Gasteiger charge is 2.36. The first-order valence-corrected chi connectivity index (χ1v) is 5.34. The molecule has 1 aliphatic heterocycles. The molecule has 0 unspecified atom stereocenters. The van der Waals surface area contributed by atoms with Crippen molar-refractivity contribution >= 4 is 26.4 Å². The summed E-state index contributed by atoms with van der Waals surface area (Å²) in [5.41, 5.74) is 0. The maximum Gasteiger partial charge on any atom is 0.540 e. The molecule has 1 aliphatic rings. The topological polar surface area (TPSA) is 104 Å². The van der Waals surface area contributed by atoms with Gasteiger partial charge in [0.05, 0.1) is 0 Å². The van der Waals surface area contributed by atoms with Gasteiger partial charge >= 0.3 is 26.4 Å². The van der Waals surface area contributed by atoms with Gasteiger partial charge in [-0.15, -0.1) is 0 Å². The molecule has 0 amide bonds. The molecule has 1 fully saturated rings. The van der Waals surface area contributed by atoms with E-state index in [4.69, 9.17) is 0 Å². The van der Waals surface area contributed by atoms with Gasteiger partial charge in [0.25, 0.3) is 0 Å². The molecule has 0 aliphatic carbocycles. The lowest BCUT2D eigenvalue weighted by atomic mass is 11.5. The Morgan fingerprint density at radius 1 is 1.00 bits per heavy atom. The fourth-order valence-electron chi connectivity index (χ4n) is 0.446. The molecule has 0 radical (unpaired) electrons. The number of hydrogen-bond acceptors (Lipinski definition) is 7. The highest BCUT2D eigenvalue weighted by molar-refractivity contribution is 8.04. The Kier molecular flexibility index (Phi) is 1.56. The summed E-state index contributed by atoms with van der Waals surface area (Å²) in [5, 5.41) is -1.33. The fraction of sp³-hybridized carbons (Fsp3) is 0.500. The van der Waals surface area contributed by atoms with Crippen LogP contribution in [0.4, 0.5) is 4.79 Å². The van der Waals surface area contributed by atoms with Crippen molar-refractivity contribution in [2.45, 2.75) is 0 Å². The number of carbonyl (C=O) groups excluding carboxylic acids is 1. The predicted octanol–water partition coefficient (Wildman–Crippen LogP) is -1.23. The average Bonchev–Trinajstić information content (AvgIpc) is 1.49. The van der Waals surface area contributed by atoms with E-state index in [2.05, 4.69) is 8.37 Å². The highest BCUT2D eigenvalue weighted by Crippen LogP contribution is 2.11. The van der Waals surface area contributed by atoms with Gasteiger partial charge < -0.3 is 8.37 Å². The van der Waals surface area contributed by atoms with Gasteiger partial charge in [0.1, 0.15) is 0 Å². The lowest BCUT2D eigenvalue weighted by Gasteiger charge is -2.10. The zero-order chi connectivity index (χ0) is 8.70. The summed E-state index contributed by atoms with van der Waals surface area (Å²) in [7, 11) is -8.60. The Hall–Kier alpha value is -0.830. The van der Waals surface area contributed by atoms with E-state index in [-0.39, 0.29) is 0 Å². The summed E-state index contributed by atoms with van der Waals surface area (Å²) in [4.78, 5) is 10.1. The van der Waals surface area contributed by atoms with Gasteiger partial charge in [-0.05, 0) is 0 Å². The maximum atomic E-state index is 10.4. The van der Waals surface area contributed by atoms with Crippen LogP contribution >= 0.6 is 0 Å². The van der Waals surface area contributed by atoms with Crippen molar-refractivity contribution in [1.82, 2.24) is 0 Å². The van der Waals surface area contributed by atoms with E-state index in [0.29, 0.717) is 0 Å². The highest BCUT2D eigenvalue weighted by atomic mass is 32.3. The average molecular weight is 202 g/mol. The van der Waals surface area contributed by atoms with E-state index in [0.717, 1.165) is 0 Å². The van der Waals surface area contributed by atoms with Crippen LogP contribution < -0.4 is 0 Å². The summed E-state index contributed by atoms with van der Waals surface area (Å²) in [6.45, 7) is 0. The summed E-state index contributed by atoms with van der Waals surface area (Å²) < 4.78 is 48.6. The minimum absolute atomic E-state index is 1.33. The summed E-state index contributed by atoms with van der Waals surface area (Å²) in [6, 6.07) is 0. The van der Waals surface area contributed by atoms with Gasteiger partial charge in [0, 0.05) is 0 Å². The van der Waals surface area contributed by atoms with Crippen LogP contribution in [0.15, 0.2) is 0 Å². The molecule has 0 spiro atoms. The van der Waals surface area contributed by atoms with Crippen molar-refractivity contribution in [2.75, 3.05) is 5.08 Å². The molecule has 9 heteroatoms. The van der Waals surface area contributed by atoms with Crippen molar-refractivity contribution in [3.63, 3.8) is 0 Å². The van der Waals surface area contributed by atoms with Gasteiger partial charge in [0.2, 0.25) is 5.08 Å². The van der Waals surface area contributed by atoms with Crippen LogP contribution in [0.2, 0.25) is 0 Å². The molecule has 7 nitrogen and oxygen atoms in total. The minimum atomic E-state index is -4.30. The standard InChI is InChI=1S/C2H2O7S2/c3-2-8-10(4,5)1-11(6,7)9-2/h1H2. The first-order valence-electron chi connectivity index (χ1n) is 2.19. The molecule has 0 aromatic heterocycles. The number of hydrogen-bond donors (Lipinski definition) is 0. The molecule has 0 aromatic rings. The van der Waals surface area contributed by atoms with Gasteiger partial charge in [-0.1, -0.05) is 0 Å². The number of carbonyl (C=O) groups is 1. The SMILES string of the molecule is O=C1OS(=O)(=O)CS(=O)(=O)O1. The molecule has 64 valence electrons. The largest absolute Gasteiger partial charge is 0.540 e. The molecule has 1 rings (SSSR count). The summed E-state index contributed by atoms with van der Waals surface area (Å²) in [6.07, 6.45) is -1.74. The molecular weight excluding hydrogens is 200 g/mol. The smallest absolute Gasteiger partial charge is 0.310 e. The Morgan fingerprint density at radius 2 is 1.36 bits per heavy atom. The van der Waals surface area contributed by atoms with Gasteiger partial charge in [-0.3, -0.25) is 0 Å². The molecule has 0 atom stereocenters. The quantitative estimate of drug-likeness (QED) is 0.453. The molecule has 1 saturated heterocycles. The van der Waals surface area contributed by atoms with Crippen LogP contribution in [0.5, 0.6) is 0 Å². The van der Waals surface area contributed by atoms with Crippen LogP contribution in [0.1, 0.15) is 0 Å². The first-order chi connectivity index (χ1) is 4.81. The van der Waals surface area contributed by atoms with Gasteiger partial charge in [0.15, 0.2) is 0 Å². The van der Waals surface area contributed by atoms with Crippen LogP contribution in [0.3, 0.4) is 0 Å². The van der Waals surface area contributed by atoms with Crippen LogP contribution in [0.25, 0.3) is 0 Å². The second-order valence-corrected chi connectivity index (χ2v) is 5.16. The molecular formula is C2H2O7S2. The number of rotatable bonds is 0. The van der Waals surface area contributed by atoms with E-state index < -0.39 is 31.5 Å². The zero-order valence-corrected chi connectivity index (χ0v) is 6.51. The van der Waals surface area contributed by atoms with Gasteiger partial charge in [-0.25, -0.2) is 4.79 Å². The Labute approximate surface area is 62.2 Å². The predicted molar refractivity (Wildman–Crippen MR) is 30.3 cm³/mol. The second kappa shape index (κ2) is 2.08. The third-order valence-electron chi connectivity index (χ3n) is 0.679. The summed E-state index contributed by atoms with van der Waals surface area (Å²) >= 11 is 0. The maximum absolute atomic E-state index is 10.4. The van der Waals surface area contributed by atoms with Crippen LogP contribution in [0, 0.1) is 0 Å². The van der Waals surface area contributed by atoms with E-state index in [1.54, 1.807) is 0 Å². The van der Waals surface area contributed by atoms with Gasteiger partial charge in [-0.2, -0.15) is 16.8 Å². The van der Waals surface area contributed by atoms with Crippen molar-refractivity contribution in [3.05, 3.63) is 0 Å². The van der Waals surface area contributed by atoms with Crippen molar-refractivity contribution in [1.29, 1.82) is 0 Å². The van der Waals surface area contributed by atoms with Crippen molar-refractivity contribution in [3.8, 4) is 0 Å². The molecule has 0 N–H and O–H groups in total.